The van der Waals surface area contributed by atoms with Crippen LogP contribution in [-0.2, 0) is 25.6 Å². The zero-order valence-electron chi connectivity index (χ0n) is 18.6. The number of carbonyl (C=O) groups excluding carboxylic acids is 2. The van der Waals surface area contributed by atoms with Crippen LogP contribution in [0.2, 0.25) is 0 Å². The Morgan fingerprint density at radius 3 is 2.55 bits per heavy atom. The molecule has 1 amide bonds. The van der Waals surface area contributed by atoms with E-state index in [0.717, 1.165) is 22.4 Å². The molecular formula is C26H27N3O4. The van der Waals surface area contributed by atoms with Gasteiger partial charge in [-0.1, -0.05) is 60.7 Å². The second kappa shape index (κ2) is 10.3. The summed E-state index contributed by atoms with van der Waals surface area (Å²) in [4.78, 5) is 24.6. The van der Waals surface area contributed by atoms with E-state index in [4.69, 9.17) is 14.6 Å². The summed E-state index contributed by atoms with van der Waals surface area (Å²) < 4.78 is 12.1. The van der Waals surface area contributed by atoms with Crippen molar-refractivity contribution in [3.05, 3.63) is 84.1 Å². The van der Waals surface area contributed by atoms with Crippen LogP contribution in [0.1, 0.15) is 24.0 Å². The van der Waals surface area contributed by atoms with Crippen LogP contribution in [0.15, 0.2) is 72.9 Å². The van der Waals surface area contributed by atoms with E-state index in [0.29, 0.717) is 19.6 Å². The van der Waals surface area contributed by atoms with Gasteiger partial charge in [0.2, 0.25) is 5.91 Å². The Kier molecular flexibility index (Phi) is 7.00. The van der Waals surface area contributed by atoms with Crippen molar-refractivity contribution < 1.29 is 19.1 Å². The molecule has 33 heavy (non-hydrogen) atoms. The van der Waals surface area contributed by atoms with E-state index in [1.807, 2.05) is 59.4 Å². The topological polar surface area (TPSA) is 82.5 Å². The molecule has 7 nitrogen and oxygen atoms in total. The molecule has 3 aromatic rings. The van der Waals surface area contributed by atoms with Crippen molar-refractivity contribution in [2.75, 3.05) is 20.3 Å². The van der Waals surface area contributed by atoms with Crippen molar-refractivity contribution in [1.82, 2.24) is 15.1 Å². The van der Waals surface area contributed by atoms with Crippen LogP contribution in [0.5, 0.6) is 0 Å². The average Bonchev–Trinajstić information content (AvgIpc) is 3.46. The summed E-state index contributed by atoms with van der Waals surface area (Å²) in [5.41, 5.74) is 2.99. The Morgan fingerprint density at radius 2 is 1.88 bits per heavy atom. The molecule has 0 bridgehead atoms. The number of methoxy groups -OCH3 is 1. The van der Waals surface area contributed by atoms with E-state index < -0.39 is 5.54 Å². The maximum atomic E-state index is 12.8. The molecule has 1 atom stereocenters. The van der Waals surface area contributed by atoms with Gasteiger partial charge in [-0.3, -0.25) is 14.3 Å². The predicted molar refractivity (Wildman–Crippen MR) is 125 cm³/mol. The number of ether oxygens (including phenoxy) is 2. The Morgan fingerprint density at radius 1 is 1.15 bits per heavy atom. The molecule has 1 unspecified atom stereocenters. The van der Waals surface area contributed by atoms with Crippen LogP contribution in [0.25, 0.3) is 17.3 Å². The van der Waals surface area contributed by atoms with Crippen molar-refractivity contribution in [1.29, 1.82) is 0 Å². The summed E-state index contributed by atoms with van der Waals surface area (Å²) in [5.74, 6) is -0.669. The highest BCUT2D eigenvalue weighted by atomic mass is 16.5. The highest BCUT2D eigenvalue weighted by Crippen LogP contribution is 2.25. The van der Waals surface area contributed by atoms with E-state index in [2.05, 4.69) is 17.4 Å². The number of aromatic nitrogens is 2. The number of nitrogens with zero attached hydrogens (tertiary/aromatic N) is 2. The molecule has 2 heterocycles. The van der Waals surface area contributed by atoms with Gasteiger partial charge in [-0.05, 0) is 18.1 Å². The molecule has 2 aromatic carbocycles. The van der Waals surface area contributed by atoms with Gasteiger partial charge >= 0.3 is 5.97 Å². The van der Waals surface area contributed by atoms with Gasteiger partial charge in [-0.15, -0.1) is 0 Å². The van der Waals surface area contributed by atoms with Gasteiger partial charge in [0.15, 0.2) is 0 Å². The summed E-state index contributed by atoms with van der Waals surface area (Å²) in [6.45, 7) is 1.40. The Bertz CT molecular complexity index is 1120. The van der Waals surface area contributed by atoms with Crippen molar-refractivity contribution >= 4 is 18.0 Å². The zero-order chi connectivity index (χ0) is 23.1. The van der Waals surface area contributed by atoms with Gasteiger partial charge in [-0.2, -0.15) is 5.10 Å². The lowest BCUT2D eigenvalue weighted by atomic mass is 9.94. The van der Waals surface area contributed by atoms with Crippen molar-refractivity contribution in [2.45, 2.75) is 24.9 Å². The Hall–Kier alpha value is -3.71. The molecule has 0 saturated carbocycles. The lowest BCUT2D eigenvalue weighted by Gasteiger charge is -2.26. The summed E-state index contributed by atoms with van der Waals surface area (Å²) in [6.07, 6.45) is 5.81. The number of hydrogen-bond donors (Lipinski definition) is 1. The summed E-state index contributed by atoms with van der Waals surface area (Å²) in [6, 6.07) is 20.0. The number of hydrogen-bond acceptors (Lipinski definition) is 5. The third-order valence-corrected chi connectivity index (χ3v) is 5.64. The lowest BCUT2D eigenvalue weighted by molar-refractivity contribution is -0.142. The van der Waals surface area contributed by atoms with Gasteiger partial charge in [0, 0.05) is 30.0 Å². The number of nitrogens with one attached hydrogen (secondary N) is 1. The van der Waals surface area contributed by atoms with Gasteiger partial charge < -0.3 is 14.8 Å². The van der Waals surface area contributed by atoms with Crippen LogP contribution in [0, 0.1) is 0 Å². The maximum absolute atomic E-state index is 12.8. The number of carbonyl (C=O) groups is 2. The number of amides is 1. The van der Waals surface area contributed by atoms with E-state index in [1.54, 1.807) is 6.08 Å². The number of benzene rings is 2. The lowest BCUT2D eigenvalue weighted by Crippen LogP contribution is -2.50. The molecule has 1 aliphatic rings. The predicted octanol–water partition coefficient (Wildman–Crippen LogP) is 3.45. The molecule has 7 heteroatoms. The molecule has 1 fully saturated rings. The normalized spacial score (nSPS) is 17.8. The minimum atomic E-state index is -0.742. The molecular weight excluding hydrogens is 418 g/mol. The van der Waals surface area contributed by atoms with Crippen LogP contribution < -0.4 is 5.32 Å². The quantitative estimate of drug-likeness (QED) is 0.424. The average molecular weight is 446 g/mol. The molecule has 0 spiro atoms. The van der Waals surface area contributed by atoms with Crippen molar-refractivity contribution in [2.24, 2.45) is 0 Å². The number of rotatable bonds is 8. The molecule has 1 N–H and O–H groups in total. The van der Waals surface area contributed by atoms with Crippen LogP contribution >= 0.6 is 0 Å². The summed E-state index contributed by atoms with van der Waals surface area (Å²) in [7, 11) is 1.34. The standard InChI is InChI=1S/C26H27N3O4/c1-32-24(31)16-26(14-15-33-19-26)27-23(30)13-12-22-18-29(17-20-8-4-2-5-9-20)28-25(22)21-10-6-3-7-11-21/h2-13,18H,14-17,19H2,1H3,(H,27,30). The number of esters is 1. The fraction of sp³-hybridized carbons (Fsp3) is 0.269. The first-order valence-corrected chi connectivity index (χ1v) is 10.9. The Balaban J connectivity index is 1.55. The molecule has 0 aliphatic carbocycles. The van der Waals surface area contributed by atoms with Gasteiger partial charge in [0.1, 0.15) is 0 Å². The van der Waals surface area contributed by atoms with E-state index in [9.17, 15) is 9.59 Å². The molecule has 0 radical (unpaired) electrons. The van der Waals surface area contributed by atoms with E-state index >= 15 is 0 Å². The first kappa shape index (κ1) is 22.5. The van der Waals surface area contributed by atoms with E-state index in [1.165, 1.54) is 13.2 Å². The van der Waals surface area contributed by atoms with Gasteiger partial charge in [0.25, 0.3) is 0 Å². The second-order valence-electron chi connectivity index (χ2n) is 8.14. The first-order chi connectivity index (χ1) is 16.1. The SMILES string of the molecule is COC(=O)CC1(NC(=O)C=Cc2cn(Cc3ccccc3)nc2-c2ccccc2)CCOC1. The molecule has 4 rings (SSSR count). The monoisotopic (exact) mass is 445 g/mol. The van der Waals surface area contributed by atoms with Crippen LogP contribution in [0.4, 0.5) is 0 Å². The molecule has 170 valence electrons. The molecule has 1 saturated heterocycles. The fourth-order valence-corrected chi connectivity index (χ4v) is 3.94. The maximum Gasteiger partial charge on any atom is 0.307 e. The largest absolute Gasteiger partial charge is 0.469 e. The zero-order valence-corrected chi connectivity index (χ0v) is 18.6. The first-order valence-electron chi connectivity index (χ1n) is 10.9. The van der Waals surface area contributed by atoms with Crippen molar-refractivity contribution in [3.8, 4) is 11.3 Å². The Labute approximate surface area is 193 Å². The molecule has 1 aromatic heterocycles. The highest BCUT2D eigenvalue weighted by Gasteiger charge is 2.38. The van der Waals surface area contributed by atoms with Crippen molar-refractivity contribution in [3.63, 3.8) is 0 Å². The van der Waals surface area contributed by atoms with Gasteiger partial charge in [0.05, 0.1) is 37.9 Å². The molecule has 1 aliphatic heterocycles. The van der Waals surface area contributed by atoms with E-state index in [-0.39, 0.29) is 24.9 Å². The third-order valence-electron chi connectivity index (χ3n) is 5.64. The third kappa shape index (κ3) is 5.75. The van der Waals surface area contributed by atoms with Crippen LogP contribution in [-0.4, -0.2) is 47.5 Å². The van der Waals surface area contributed by atoms with Gasteiger partial charge in [-0.25, -0.2) is 0 Å². The summed E-state index contributed by atoms with van der Waals surface area (Å²) in [5, 5.41) is 7.73. The summed E-state index contributed by atoms with van der Waals surface area (Å²) >= 11 is 0. The fourth-order valence-electron chi connectivity index (χ4n) is 3.94. The smallest absolute Gasteiger partial charge is 0.307 e. The second-order valence-corrected chi connectivity index (χ2v) is 8.14. The van der Waals surface area contributed by atoms with Crippen LogP contribution in [0.3, 0.4) is 0 Å². The minimum Gasteiger partial charge on any atom is -0.469 e. The minimum absolute atomic E-state index is 0.0767. The highest BCUT2D eigenvalue weighted by molar-refractivity contribution is 5.93.